The SMILES string of the molecule is Cc1ccc(S(=O)(=O)Oc2c(C)c(=O)oc3cc(C)n(CC4COC(C)(C)O4)c(=O)c23)cc1. The average Bonchev–Trinajstić information content (AvgIpc) is 3.07. The van der Waals surface area contributed by atoms with Crippen LogP contribution in [0, 0.1) is 20.8 Å². The van der Waals surface area contributed by atoms with Gasteiger partial charge in [0, 0.05) is 11.8 Å². The van der Waals surface area contributed by atoms with Crippen molar-refractivity contribution in [1.29, 1.82) is 0 Å². The lowest BCUT2D eigenvalue weighted by Crippen LogP contribution is -2.31. The lowest BCUT2D eigenvalue weighted by molar-refractivity contribution is -0.139. The van der Waals surface area contributed by atoms with Gasteiger partial charge < -0.3 is 22.6 Å². The van der Waals surface area contributed by atoms with E-state index in [0.717, 1.165) is 5.56 Å². The van der Waals surface area contributed by atoms with E-state index in [9.17, 15) is 18.0 Å². The van der Waals surface area contributed by atoms with Gasteiger partial charge in [-0.2, -0.15) is 8.42 Å². The maximum Gasteiger partial charge on any atom is 0.342 e. The van der Waals surface area contributed by atoms with Gasteiger partial charge in [0.15, 0.2) is 11.5 Å². The summed E-state index contributed by atoms with van der Waals surface area (Å²) >= 11 is 0. The van der Waals surface area contributed by atoms with Gasteiger partial charge in [0.1, 0.15) is 22.0 Å². The standard InChI is InChI=1S/C23H25NO8S/c1-13-6-8-17(9-7-13)33(27,28)32-20-15(3)22(26)30-18-10-14(2)24(21(25)19(18)20)11-16-12-29-23(4,5)31-16/h6-10,16H,11-12H2,1-5H3. The molecule has 3 aromatic rings. The van der Waals surface area contributed by atoms with E-state index in [-0.39, 0.29) is 39.8 Å². The largest absolute Gasteiger partial charge is 0.422 e. The second kappa shape index (κ2) is 8.12. The zero-order valence-corrected chi connectivity index (χ0v) is 19.8. The van der Waals surface area contributed by atoms with Crippen LogP contribution in [0.15, 0.2) is 49.2 Å². The Balaban J connectivity index is 1.85. The molecule has 0 amide bonds. The van der Waals surface area contributed by atoms with Crippen LogP contribution < -0.4 is 15.4 Å². The van der Waals surface area contributed by atoms with Crippen LogP contribution >= 0.6 is 0 Å². The molecule has 9 nitrogen and oxygen atoms in total. The predicted octanol–water partition coefficient (Wildman–Crippen LogP) is 2.80. The highest BCUT2D eigenvalue weighted by Crippen LogP contribution is 2.29. The minimum absolute atomic E-state index is 0.0534. The Morgan fingerprint density at radius 2 is 1.79 bits per heavy atom. The molecule has 1 saturated heterocycles. The first-order valence-corrected chi connectivity index (χ1v) is 11.8. The highest BCUT2D eigenvalue weighted by atomic mass is 32.2. The highest BCUT2D eigenvalue weighted by Gasteiger charge is 2.33. The first-order valence-electron chi connectivity index (χ1n) is 10.4. The Hall–Kier alpha value is -2.95. The van der Waals surface area contributed by atoms with E-state index in [1.807, 2.05) is 6.92 Å². The molecular weight excluding hydrogens is 450 g/mol. The third-order valence-electron chi connectivity index (χ3n) is 5.50. The second-order valence-corrected chi connectivity index (χ2v) is 10.1. The van der Waals surface area contributed by atoms with E-state index in [1.54, 1.807) is 32.9 Å². The Kier molecular flexibility index (Phi) is 5.71. The van der Waals surface area contributed by atoms with Gasteiger partial charge in [-0.3, -0.25) is 4.79 Å². The summed E-state index contributed by atoms with van der Waals surface area (Å²) < 4.78 is 49.3. The summed E-state index contributed by atoms with van der Waals surface area (Å²) in [5, 5.41) is -0.133. The molecule has 0 spiro atoms. The van der Waals surface area contributed by atoms with Gasteiger partial charge in [0.2, 0.25) is 0 Å². The van der Waals surface area contributed by atoms with Gasteiger partial charge in [-0.05, 0) is 46.8 Å². The second-order valence-electron chi connectivity index (χ2n) is 8.59. The summed E-state index contributed by atoms with van der Waals surface area (Å²) in [6.45, 7) is 8.89. The van der Waals surface area contributed by atoms with Crippen LogP contribution in [-0.4, -0.2) is 31.5 Å². The zero-order valence-electron chi connectivity index (χ0n) is 19.0. The summed E-state index contributed by atoms with van der Waals surface area (Å²) in [7, 11) is -4.31. The molecule has 2 aromatic heterocycles. The molecule has 1 atom stereocenters. The molecule has 3 heterocycles. The summed E-state index contributed by atoms with van der Waals surface area (Å²) in [4.78, 5) is 25.8. The van der Waals surface area contributed by atoms with Gasteiger partial charge in [-0.25, -0.2) is 4.79 Å². The number of nitrogens with zero attached hydrogens (tertiary/aromatic N) is 1. The van der Waals surface area contributed by atoms with E-state index in [4.69, 9.17) is 18.1 Å². The monoisotopic (exact) mass is 475 g/mol. The van der Waals surface area contributed by atoms with Gasteiger partial charge >= 0.3 is 15.7 Å². The Labute approximate surface area is 190 Å². The quantitative estimate of drug-likeness (QED) is 0.518. The fourth-order valence-corrected chi connectivity index (χ4v) is 4.73. The number of hydrogen-bond acceptors (Lipinski definition) is 8. The molecule has 176 valence electrons. The van der Waals surface area contributed by atoms with Crippen molar-refractivity contribution in [2.24, 2.45) is 0 Å². The Bertz CT molecular complexity index is 1450. The first kappa shape index (κ1) is 23.2. The van der Waals surface area contributed by atoms with Crippen LogP contribution in [0.5, 0.6) is 5.75 Å². The van der Waals surface area contributed by atoms with Crippen molar-refractivity contribution >= 4 is 21.1 Å². The van der Waals surface area contributed by atoms with Crippen LogP contribution in [0.25, 0.3) is 11.0 Å². The Morgan fingerprint density at radius 1 is 1.12 bits per heavy atom. The number of pyridine rings is 1. The van der Waals surface area contributed by atoms with Crippen molar-refractivity contribution in [2.45, 2.75) is 58.0 Å². The maximum absolute atomic E-state index is 13.5. The third kappa shape index (κ3) is 4.46. The molecule has 1 aromatic carbocycles. The number of hydrogen-bond donors (Lipinski definition) is 0. The fourth-order valence-electron chi connectivity index (χ4n) is 3.74. The lowest BCUT2D eigenvalue weighted by atomic mass is 10.2. The molecule has 10 heteroatoms. The summed E-state index contributed by atoms with van der Waals surface area (Å²) in [6.07, 6.45) is -0.383. The molecule has 0 bridgehead atoms. The predicted molar refractivity (Wildman–Crippen MR) is 120 cm³/mol. The lowest BCUT2D eigenvalue weighted by Gasteiger charge is -2.19. The molecule has 0 N–H and O–H groups in total. The fraction of sp³-hybridized carbons (Fsp3) is 0.391. The van der Waals surface area contributed by atoms with Crippen molar-refractivity contribution in [3.63, 3.8) is 0 Å². The molecule has 33 heavy (non-hydrogen) atoms. The molecule has 0 aliphatic carbocycles. The molecule has 1 unspecified atom stereocenters. The summed E-state index contributed by atoms with van der Waals surface area (Å²) in [5.41, 5.74) is -0.132. The number of ether oxygens (including phenoxy) is 2. The topological polar surface area (TPSA) is 114 Å². The number of aryl methyl sites for hydroxylation is 2. The third-order valence-corrected chi connectivity index (χ3v) is 6.74. The average molecular weight is 476 g/mol. The van der Waals surface area contributed by atoms with Crippen molar-refractivity contribution in [1.82, 2.24) is 4.57 Å². The molecule has 1 aliphatic heterocycles. The molecule has 4 rings (SSSR count). The number of rotatable bonds is 5. The van der Waals surface area contributed by atoms with Crippen LogP contribution in [-0.2, 0) is 26.1 Å². The Morgan fingerprint density at radius 3 is 2.39 bits per heavy atom. The summed E-state index contributed by atoms with van der Waals surface area (Å²) in [5.74, 6) is -1.11. The van der Waals surface area contributed by atoms with Crippen LogP contribution in [0.3, 0.4) is 0 Å². The molecule has 1 fully saturated rings. The van der Waals surface area contributed by atoms with Crippen molar-refractivity contribution in [3.8, 4) is 5.75 Å². The van der Waals surface area contributed by atoms with E-state index in [1.165, 1.54) is 29.7 Å². The molecule has 1 aliphatic rings. The minimum Gasteiger partial charge on any atom is -0.422 e. The highest BCUT2D eigenvalue weighted by molar-refractivity contribution is 7.87. The van der Waals surface area contributed by atoms with Gasteiger partial charge in [-0.15, -0.1) is 0 Å². The normalized spacial score (nSPS) is 18.0. The summed E-state index contributed by atoms with van der Waals surface area (Å²) in [6, 6.07) is 7.55. The first-order chi connectivity index (χ1) is 15.4. The minimum atomic E-state index is -4.31. The number of fused-ring (bicyclic) bond motifs is 1. The van der Waals surface area contributed by atoms with Crippen LogP contribution in [0.2, 0.25) is 0 Å². The number of benzene rings is 1. The van der Waals surface area contributed by atoms with E-state index >= 15 is 0 Å². The smallest absolute Gasteiger partial charge is 0.342 e. The van der Waals surface area contributed by atoms with E-state index < -0.39 is 27.1 Å². The zero-order chi connectivity index (χ0) is 24.1. The van der Waals surface area contributed by atoms with E-state index in [2.05, 4.69) is 0 Å². The van der Waals surface area contributed by atoms with Gasteiger partial charge in [0.05, 0.1) is 18.7 Å². The van der Waals surface area contributed by atoms with Gasteiger partial charge in [-0.1, -0.05) is 17.7 Å². The maximum atomic E-state index is 13.5. The van der Waals surface area contributed by atoms with Gasteiger partial charge in [0.25, 0.3) is 5.56 Å². The van der Waals surface area contributed by atoms with Crippen LogP contribution in [0.4, 0.5) is 0 Å². The van der Waals surface area contributed by atoms with Crippen molar-refractivity contribution in [3.05, 3.63) is 67.9 Å². The van der Waals surface area contributed by atoms with Crippen LogP contribution in [0.1, 0.15) is 30.7 Å². The van der Waals surface area contributed by atoms with E-state index in [0.29, 0.717) is 12.3 Å². The molecular formula is C23H25NO8S. The van der Waals surface area contributed by atoms with Crippen molar-refractivity contribution < 1.29 is 26.5 Å². The molecule has 0 saturated carbocycles. The molecule has 0 radical (unpaired) electrons. The van der Waals surface area contributed by atoms with Crippen molar-refractivity contribution in [2.75, 3.05) is 6.61 Å². The number of aromatic nitrogens is 1.